The molecule has 2 rings (SSSR count). The third-order valence-electron chi connectivity index (χ3n) is 2.37. The maximum Gasteiger partial charge on any atom is 0.322 e. The molecule has 0 aliphatic heterocycles. The van der Waals surface area contributed by atoms with Gasteiger partial charge in [-0.15, -0.1) is 0 Å². The average molecular weight is 230 g/mol. The highest BCUT2D eigenvalue weighted by atomic mass is 16.5. The van der Waals surface area contributed by atoms with E-state index < -0.39 is 0 Å². The van der Waals surface area contributed by atoms with E-state index in [-0.39, 0.29) is 0 Å². The smallest absolute Gasteiger partial charge is 0.322 e. The van der Waals surface area contributed by atoms with E-state index in [9.17, 15) is 0 Å². The van der Waals surface area contributed by atoms with E-state index in [1.807, 2.05) is 26.0 Å². The molecule has 0 spiro atoms. The predicted molar refractivity (Wildman–Crippen MR) is 63.7 cm³/mol. The van der Waals surface area contributed by atoms with Gasteiger partial charge in [-0.2, -0.15) is 4.98 Å². The van der Waals surface area contributed by atoms with Crippen LogP contribution in [0.5, 0.6) is 11.8 Å². The van der Waals surface area contributed by atoms with Gasteiger partial charge in [0.15, 0.2) is 0 Å². The summed E-state index contributed by atoms with van der Waals surface area (Å²) >= 11 is 0. The second-order valence-corrected chi connectivity index (χ2v) is 3.70. The number of aromatic nitrogens is 3. The van der Waals surface area contributed by atoms with Crippen LogP contribution in [0.3, 0.4) is 0 Å². The zero-order valence-electron chi connectivity index (χ0n) is 9.84. The van der Waals surface area contributed by atoms with E-state index in [1.165, 1.54) is 0 Å². The van der Waals surface area contributed by atoms with Crippen LogP contribution < -0.4 is 10.5 Å². The molecule has 0 unspecified atom stereocenters. The Hall–Kier alpha value is -2.01. The van der Waals surface area contributed by atoms with Crippen LogP contribution in [0.2, 0.25) is 0 Å². The normalized spacial score (nSPS) is 10.3. The van der Waals surface area contributed by atoms with E-state index in [4.69, 9.17) is 10.5 Å². The lowest BCUT2D eigenvalue weighted by Crippen LogP contribution is -2.03. The molecule has 2 aromatic heterocycles. The van der Waals surface area contributed by atoms with Crippen molar-refractivity contribution in [3.63, 3.8) is 0 Å². The minimum Gasteiger partial charge on any atom is -0.423 e. The van der Waals surface area contributed by atoms with Crippen molar-refractivity contribution in [1.29, 1.82) is 0 Å². The molecule has 0 fully saturated rings. The number of nitrogens with two attached hydrogens (primary N) is 1. The van der Waals surface area contributed by atoms with Gasteiger partial charge in [0.1, 0.15) is 5.75 Å². The van der Waals surface area contributed by atoms with Crippen molar-refractivity contribution in [2.75, 3.05) is 0 Å². The molecule has 0 atom stereocenters. The fraction of sp³-hybridized carbons (Fsp3) is 0.250. The molecule has 5 heteroatoms. The molecule has 5 nitrogen and oxygen atoms in total. The molecule has 0 aliphatic rings. The highest BCUT2D eigenvalue weighted by Crippen LogP contribution is 2.17. The second kappa shape index (κ2) is 4.88. The minimum absolute atomic E-state index is 0.311. The summed E-state index contributed by atoms with van der Waals surface area (Å²) in [6.07, 6.45) is 3.32. The molecule has 0 aliphatic carbocycles. The summed E-state index contributed by atoms with van der Waals surface area (Å²) in [6.45, 7) is 4.22. The van der Waals surface area contributed by atoms with Gasteiger partial charge in [0.05, 0.1) is 6.20 Å². The first-order valence-electron chi connectivity index (χ1n) is 5.32. The van der Waals surface area contributed by atoms with Crippen LogP contribution >= 0.6 is 0 Å². The van der Waals surface area contributed by atoms with Crippen LogP contribution in [0.4, 0.5) is 0 Å². The summed E-state index contributed by atoms with van der Waals surface area (Å²) in [6, 6.07) is 4.01. The quantitative estimate of drug-likeness (QED) is 0.869. The van der Waals surface area contributed by atoms with Gasteiger partial charge < -0.3 is 10.5 Å². The fourth-order valence-corrected chi connectivity index (χ4v) is 1.34. The highest BCUT2D eigenvalue weighted by molar-refractivity contribution is 5.24. The predicted octanol–water partition coefficient (Wildman–Crippen LogP) is 1.74. The summed E-state index contributed by atoms with van der Waals surface area (Å²) in [5.74, 6) is 0.621. The molecule has 2 heterocycles. The SMILES string of the molecule is Cc1ccc(Oc2ncc(CN)c(C)n2)cn1. The lowest BCUT2D eigenvalue weighted by molar-refractivity contribution is 0.437. The number of hydrogen-bond donors (Lipinski definition) is 1. The van der Waals surface area contributed by atoms with Crippen molar-refractivity contribution in [1.82, 2.24) is 15.0 Å². The Balaban J connectivity index is 2.19. The summed E-state index contributed by atoms with van der Waals surface area (Å²) in [5, 5.41) is 0. The molecule has 0 bridgehead atoms. The van der Waals surface area contributed by atoms with Crippen LogP contribution in [0.25, 0.3) is 0 Å². The molecule has 17 heavy (non-hydrogen) atoms. The van der Waals surface area contributed by atoms with E-state index in [1.54, 1.807) is 12.4 Å². The first-order chi connectivity index (χ1) is 8.19. The van der Waals surface area contributed by atoms with Crippen molar-refractivity contribution >= 4 is 0 Å². The molecule has 2 N–H and O–H groups in total. The van der Waals surface area contributed by atoms with Crippen LogP contribution in [0.1, 0.15) is 17.0 Å². The largest absolute Gasteiger partial charge is 0.423 e. The minimum atomic E-state index is 0.311. The van der Waals surface area contributed by atoms with Gasteiger partial charge in [0.2, 0.25) is 0 Å². The van der Waals surface area contributed by atoms with Crippen molar-refractivity contribution in [2.45, 2.75) is 20.4 Å². The molecule has 0 amide bonds. The van der Waals surface area contributed by atoms with E-state index >= 15 is 0 Å². The molecule has 0 radical (unpaired) electrons. The van der Waals surface area contributed by atoms with Gasteiger partial charge in [-0.25, -0.2) is 4.98 Å². The Morgan fingerprint density at radius 1 is 1.18 bits per heavy atom. The Morgan fingerprint density at radius 3 is 2.59 bits per heavy atom. The number of pyridine rings is 1. The number of ether oxygens (including phenoxy) is 1. The molecule has 2 aromatic rings. The summed E-state index contributed by atoms with van der Waals surface area (Å²) < 4.78 is 5.49. The number of aryl methyl sites for hydroxylation is 2. The van der Waals surface area contributed by atoms with Gasteiger partial charge in [-0.05, 0) is 26.0 Å². The number of nitrogens with zero attached hydrogens (tertiary/aromatic N) is 3. The standard InChI is InChI=1S/C12H14N4O/c1-8-3-4-11(7-14-8)17-12-15-6-10(5-13)9(2)16-12/h3-4,6-7H,5,13H2,1-2H3. The summed E-state index contributed by atoms with van der Waals surface area (Å²) in [7, 11) is 0. The maximum atomic E-state index is 5.54. The Labute approximate surface area is 99.7 Å². The highest BCUT2D eigenvalue weighted by Gasteiger charge is 2.04. The van der Waals surface area contributed by atoms with Crippen LogP contribution in [0.15, 0.2) is 24.5 Å². The molecule has 88 valence electrons. The first-order valence-corrected chi connectivity index (χ1v) is 5.32. The lowest BCUT2D eigenvalue weighted by atomic mass is 10.2. The van der Waals surface area contributed by atoms with Crippen molar-refractivity contribution in [2.24, 2.45) is 5.73 Å². The Kier molecular flexibility index (Phi) is 3.30. The van der Waals surface area contributed by atoms with Crippen molar-refractivity contribution in [3.8, 4) is 11.8 Å². The fourth-order valence-electron chi connectivity index (χ4n) is 1.34. The van der Waals surface area contributed by atoms with E-state index in [0.717, 1.165) is 17.0 Å². The molecule has 0 saturated heterocycles. The average Bonchev–Trinajstić information content (AvgIpc) is 2.32. The third-order valence-corrected chi connectivity index (χ3v) is 2.37. The number of rotatable bonds is 3. The van der Waals surface area contributed by atoms with E-state index in [2.05, 4.69) is 15.0 Å². The molecule has 0 saturated carbocycles. The van der Waals surface area contributed by atoms with Crippen molar-refractivity contribution < 1.29 is 4.74 Å². The summed E-state index contributed by atoms with van der Waals surface area (Å²) in [4.78, 5) is 12.4. The van der Waals surface area contributed by atoms with Crippen LogP contribution in [-0.2, 0) is 6.54 Å². The zero-order valence-corrected chi connectivity index (χ0v) is 9.84. The van der Waals surface area contributed by atoms with Crippen LogP contribution in [-0.4, -0.2) is 15.0 Å². The van der Waals surface area contributed by atoms with Crippen molar-refractivity contribution in [3.05, 3.63) is 41.5 Å². The lowest BCUT2D eigenvalue weighted by Gasteiger charge is -2.06. The van der Waals surface area contributed by atoms with Gasteiger partial charge in [0.25, 0.3) is 0 Å². The first kappa shape index (κ1) is 11.5. The molecule has 0 aromatic carbocycles. The van der Waals surface area contributed by atoms with Gasteiger partial charge >= 0.3 is 6.01 Å². The van der Waals surface area contributed by atoms with Gasteiger partial charge in [-0.3, -0.25) is 4.98 Å². The topological polar surface area (TPSA) is 73.9 Å². The molecular weight excluding hydrogens is 216 g/mol. The zero-order chi connectivity index (χ0) is 12.3. The molecular formula is C12H14N4O. The maximum absolute atomic E-state index is 5.54. The Bertz CT molecular complexity index is 510. The number of hydrogen-bond acceptors (Lipinski definition) is 5. The monoisotopic (exact) mass is 230 g/mol. The van der Waals surface area contributed by atoms with Gasteiger partial charge in [-0.1, -0.05) is 0 Å². The third kappa shape index (κ3) is 2.76. The second-order valence-electron chi connectivity index (χ2n) is 3.70. The summed E-state index contributed by atoms with van der Waals surface area (Å²) in [5.41, 5.74) is 8.22. The Morgan fingerprint density at radius 2 is 2.00 bits per heavy atom. The van der Waals surface area contributed by atoms with Crippen LogP contribution in [0, 0.1) is 13.8 Å². The van der Waals surface area contributed by atoms with Gasteiger partial charge in [0, 0.05) is 29.7 Å². The van der Waals surface area contributed by atoms with E-state index in [0.29, 0.717) is 18.3 Å².